The van der Waals surface area contributed by atoms with E-state index in [9.17, 15) is 0 Å². The average Bonchev–Trinajstić information content (AvgIpc) is 3.49. The average molecular weight is 566 g/mol. The van der Waals surface area contributed by atoms with Crippen LogP contribution < -0.4 is 0 Å². The van der Waals surface area contributed by atoms with Gasteiger partial charge in [-0.1, -0.05) is 152 Å². The lowest BCUT2D eigenvalue weighted by Crippen LogP contribution is -2.07. The molecule has 0 spiro atoms. The summed E-state index contributed by atoms with van der Waals surface area (Å²) in [6, 6.07) is 58.6. The van der Waals surface area contributed by atoms with Crippen LogP contribution in [0.2, 0.25) is 0 Å². The lowest BCUT2D eigenvalue weighted by molar-refractivity contribution is 0.807. The van der Waals surface area contributed by atoms with Crippen molar-refractivity contribution in [2.45, 2.75) is 18.3 Å². The highest BCUT2D eigenvalue weighted by Crippen LogP contribution is 2.45. The molecule has 0 amide bonds. The Balaban J connectivity index is 1.25. The highest BCUT2D eigenvalue weighted by Gasteiger charge is 2.30. The number of benzene rings is 6. The van der Waals surface area contributed by atoms with Gasteiger partial charge in [0.1, 0.15) is 0 Å². The highest BCUT2D eigenvalue weighted by atomic mass is 15.3. The molecule has 2 unspecified atom stereocenters. The number of fused-ring (bicyclic) bond motifs is 2. The number of rotatable bonds is 5. The van der Waals surface area contributed by atoms with Crippen molar-refractivity contribution in [2.24, 2.45) is 0 Å². The molecule has 44 heavy (non-hydrogen) atoms. The van der Waals surface area contributed by atoms with Gasteiger partial charge in [0.15, 0.2) is 11.6 Å². The van der Waals surface area contributed by atoms with Gasteiger partial charge in [-0.25, -0.2) is 0 Å². The van der Waals surface area contributed by atoms with Crippen molar-refractivity contribution in [3.8, 4) is 28.5 Å². The van der Waals surface area contributed by atoms with E-state index in [4.69, 9.17) is 5.10 Å². The molecule has 7 aromatic rings. The molecule has 0 saturated carbocycles. The standard InChI is InChI=1S/C41H31N3/c1-4-14-29(15-5-1)38-28-33-18-10-11-21-35(33)39(37-23-13-12-22-36(37)38)30-24-26-32(27-25-30)41-43-42-40(31-16-6-2-7-17-31)44(41)34-19-8-3-9-20-34/h1-27,38-39H,28H2. The van der Waals surface area contributed by atoms with Crippen molar-refractivity contribution in [3.05, 3.63) is 197 Å². The summed E-state index contributed by atoms with van der Waals surface area (Å²) in [4.78, 5) is 0. The van der Waals surface area contributed by atoms with Crippen LogP contribution in [0.15, 0.2) is 164 Å². The predicted octanol–water partition coefficient (Wildman–Crippen LogP) is 9.47. The zero-order valence-corrected chi connectivity index (χ0v) is 24.3. The van der Waals surface area contributed by atoms with Gasteiger partial charge in [0, 0.05) is 28.7 Å². The van der Waals surface area contributed by atoms with Crippen LogP contribution in [0.5, 0.6) is 0 Å². The van der Waals surface area contributed by atoms with Gasteiger partial charge in [-0.2, -0.15) is 0 Å². The molecule has 1 aliphatic rings. The Bertz CT molecular complexity index is 2030. The summed E-state index contributed by atoms with van der Waals surface area (Å²) >= 11 is 0. The molecule has 1 heterocycles. The number of aromatic nitrogens is 3. The summed E-state index contributed by atoms with van der Waals surface area (Å²) in [7, 11) is 0. The van der Waals surface area contributed by atoms with E-state index in [2.05, 4.69) is 149 Å². The first-order valence-corrected chi connectivity index (χ1v) is 15.2. The van der Waals surface area contributed by atoms with Crippen LogP contribution in [0, 0.1) is 0 Å². The Hall–Kier alpha value is -5.54. The third-order valence-electron chi connectivity index (χ3n) is 8.89. The van der Waals surface area contributed by atoms with Crippen LogP contribution in [0.4, 0.5) is 0 Å². The van der Waals surface area contributed by atoms with Gasteiger partial charge in [-0.3, -0.25) is 4.57 Å². The third-order valence-corrected chi connectivity index (χ3v) is 8.89. The van der Waals surface area contributed by atoms with Crippen LogP contribution >= 0.6 is 0 Å². The minimum atomic E-state index is 0.136. The highest BCUT2D eigenvalue weighted by molar-refractivity contribution is 5.67. The van der Waals surface area contributed by atoms with E-state index in [1.165, 1.54) is 33.4 Å². The maximum absolute atomic E-state index is 4.72. The minimum absolute atomic E-state index is 0.136. The molecule has 3 heteroatoms. The summed E-state index contributed by atoms with van der Waals surface area (Å²) in [6.07, 6.45) is 0.980. The van der Waals surface area contributed by atoms with E-state index < -0.39 is 0 Å². The van der Waals surface area contributed by atoms with Crippen LogP contribution in [-0.2, 0) is 6.42 Å². The molecular weight excluding hydrogens is 534 g/mol. The molecule has 0 radical (unpaired) electrons. The molecule has 0 N–H and O–H groups in total. The number of para-hydroxylation sites is 1. The molecule has 8 rings (SSSR count). The van der Waals surface area contributed by atoms with E-state index in [0.717, 1.165) is 34.9 Å². The monoisotopic (exact) mass is 565 g/mol. The van der Waals surface area contributed by atoms with Crippen molar-refractivity contribution in [2.75, 3.05) is 0 Å². The topological polar surface area (TPSA) is 30.7 Å². The van der Waals surface area contributed by atoms with Crippen molar-refractivity contribution in [3.63, 3.8) is 0 Å². The van der Waals surface area contributed by atoms with Crippen LogP contribution in [0.25, 0.3) is 28.5 Å². The molecule has 0 aliphatic heterocycles. The zero-order valence-electron chi connectivity index (χ0n) is 24.3. The molecule has 0 saturated heterocycles. The fourth-order valence-corrected chi connectivity index (χ4v) is 6.82. The van der Waals surface area contributed by atoms with Crippen molar-refractivity contribution in [1.29, 1.82) is 0 Å². The fraction of sp³-hybridized carbons (Fsp3) is 0.0732. The van der Waals surface area contributed by atoms with Gasteiger partial charge >= 0.3 is 0 Å². The van der Waals surface area contributed by atoms with Gasteiger partial charge in [0.05, 0.1) is 0 Å². The molecular formula is C41H31N3. The summed E-state index contributed by atoms with van der Waals surface area (Å²) in [5, 5.41) is 9.40. The summed E-state index contributed by atoms with van der Waals surface area (Å²) < 4.78 is 2.16. The molecule has 1 aliphatic carbocycles. The Labute approximate surface area is 258 Å². The second kappa shape index (κ2) is 11.3. The first-order chi connectivity index (χ1) is 21.8. The van der Waals surface area contributed by atoms with Crippen LogP contribution in [0.1, 0.15) is 45.2 Å². The first-order valence-electron chi connectivity index (χ1n) is 15.2. The van der Waals surface area contributed by atoms with Crippen molar-refractivity contribution < 1.29 is 0 Å². The van der Waals surface area contributed by atoms with Crippen LogP contribution in [0.3, 0.4) is 0 Å². The van der Waals surface area contributed by atoms with E-state index >= 15 is 0 Å². The van der Waals surface area contributed by atoms with Crippen molar-refractivity contribution >= 4 is 0 Å². The Morgan fingerprint density at radius 2 is 0.955 bits per heavy atom. The van der Waals surface area contributed by atoms with E-state index in [1.807, 2.05) is 24.3 Å². The first kappa shape index (κ1) is 26.1. The predicted molar refractivity (Wildman–Crippen MR) is 178 cm³/mol. The van der Waals surface area contributed by atoms with E-state index in [0.29, 0.717) is 5.92 Å². The second-order valence-electron chi connectivity index (χ2n) is 11.4. The third kappa shape index (κ3) is 4.63. The van der Waals surface area contributed by atoms with Gasteiger partial charge in [0.25, 0.3) is 0 Å². The lowest BCUT2D eigenvalue weighted by Gasteiger charge is -2.22. The van der Waals surface area contributed by atoms with E-state index in [1.54, 1.807) is 0 Å². The molecule has 210 valence electrons. The Kier molecular flexibility index (Phi) is 6.69. The van der Waals surface area contributed by atoms with Gasteiger partial charge in [0.2, 0.25) is 0 Å². The maximum atomic E-state index is 4.72. The number of hydrogen-bond acceptors (Lipinski definition) is 2. The number of hydrogen-bond donors (Lipinski definition) is 0. The SMILES string of the molecule is c1ccc(-c2nnc(-c3ccc(C4c5ccccc5CC(c5ccccc5)c5ccccc54)cc3)n2-c2ccccc2)cc1. The minimum Gasteiger partial charge on any atom is -0.275 e. The van der Waals surface area contributed by atoms with Gasteiger partial charge < -0.3 is 0 Å². The molecule has 2 atom stereocenters. The normalized spacial score (nSPS) is 15.6. The number of nitrogens with zero attached hydrogens (tertiary/aromatic N) is 3. The molecule has 1 aromatic heterocycles. The Morgan fingerprint density at radius 1 is 0.432 bits per heavy atom. The Morgan fingerprint density at radius 3 is 1.64 bits per heavy atom. The quantitative estimate of drug-likeness (QED) is 0.208. The lowest BCUT2D eigenvalue weighted by atomic mass is 9.81. The van der Waals surface area contributed by atoms with Crippen LogP contribution in [-0.4, -0.2) is 14.8 Å². The fourth-order valence-electron chi connectivity index (χ4n) is 6.82. The summed E-state index contributed by atoms with van der Waals surface area (Å²) in [5.74, 6) is 2.09. The largest absolute Gasteiger partial charge is 0.275 e. The molecule has 6 aromatic carbocycles. The van der Waals surface area contributed by atoms with Gasteiger partial charge in [-0.05, 0) is 51.9 Å². The molecule has 3 nitrogen and oxygen atoms in total. The second-order valence-corrected chi connectivity index (χ2v) is 11.4. The molecule has 0 fully saturated rings. The maximum Gasteiger partial charge on any atom is 0.168 e. The molecule has 0 bridgehead atoms. The summed E-state index contributed by atoms with van der Waals surface area (Å²) in [6.45, 7) is 0. The van der Waals surface area contributed by atoms with Crippen molar-refractivity contribution in [1.82, 2.24) is 14.8 Å². The zero-order chi connectivity index (χ0) is 29.3. The van der Waals surface area contributed by atoms with Gasteiger partial charge in [-0.15, -0.1) is 10.2 Å². The smallest absolute Gasteiger partial charge is 0.168 e. The summed E-state index contributed by atoms with van der Waals surface area (Å²) in [5.41, 5.74) is 11.3. The van der Waals surface area contributed by atoms with E-state index in [-0.39, 0.29) is 5.92 Å².